The number of nitrogens with zero attached hydrogens (tertiary/aromatic N) is 1. The number of halogens is 2. The highest BCUT2D eigenvalue weighted by atomic mass is 79.9. The quantitative estimate of drug-likeness (QED) is 0.869. The van der Waals surface area contributed by atoms with Gasteiger partial charge in [0.05, 0.1) is 0 Å². The van der Waals surface area contributed by atoms with Gasteiger partial charge in [-0.15, -0.1) is 0 Å². The first-order valence-electron chi connectivity index (χ1n) is 4.85. The number of hydrogen-bond acceptors (Lipinski definition) is 2. The van der Waals surface area contributed by atoms with Crippen LogP contribution in [0, 0.1) is 5.95 Å². The molecule has 16 heavy (non-hydrogen) atoms. The lowest BCUT2D eigenvalue weighted by Crippen LogP contribution is -2.01. The lowest BCUT2D eigenvalue weighted by Gasteiger charge is -2.05. The van der Waals surface area contributed by atoms with E-state index in [0.717, 1.165) is 10.0 Å². The molecule has 1 heterocycles. The normalized spacial score (nSPS) is 10.1. The predicted molar refractivity (Wildman–Crippen MR) is 65.7 cm³/mol. The molecule has 0 aliphatic heterocycles. The number of benzene rings is 1. The highest BCUT2D eigenvalue weighted by Crippen LogP contribution is 2.12. The molecular formula is C12H10BrFN2. The Hall–Kier alpha value is -1.42. The van der Waals surface area contributed by atoms with Crippen LogP contribution in [0.1, 0.15) is 5.56 Å². The van der Waals surface area contributed by atoms with Crippen LogP contribution < -0.4 is 5.32 Å². The van der Waals surface area contributed by atoms with E-state index in [0.29, 0.717) is 12.4 Å². The molecule has 0 atom stereocenters. The third kappa shape index (κ3) is 3.03. The van der Waals surface area contributed by atoms with Gasteiger partial charge in [-0.25, -0.2) is 4.98 Å². The van der Waals surface area contributed by atoms with E-state index in [4.69, 9.17) is 0 Å². The van der Waals surface area contributed by atoms with Crippen LogP contribution in [0.2, 0.25) is 0 Å². The van der Waals surface area contributed by atoms with Gasteiger partial charge in [0, 0.05) is 11.0 Å². The number of rotatable bonds is 3. The zero-order valence-corrected chi connectivity index (χ0v) is 10.0. The Bertz CT molecular complexity index is 471. The van der Waals surface area contributed by atoms with Crippen molar-refractivity contribution < 1.29 is 4.39 Å². The summed E-state index contributed by atoms with van der Waals surface area (Å²) in [4.78, 5) is 3.72. The van der Waals surface area contributed by atoms with E-state index in [9.17, 15) is 4.39 Å². The summed E-state index contributed by atoms with van der Waals surface area (Å²) in [6, 6.07) is 12.6. The minimum absolute atomic E-state index is 0.471. The molecule has 0 unspecified atom stereocenters. The molecule has 0 saturated heterocycles. The Morgan fingerprint density at radius 2 is 1.88 bits per heavy atom. The molecule has 2 aromatic rings. The molecule has 0 fully saturated rings. The minimum Gasteiger partial charge on any atom is -0.366 e. The number of anilines is 1. The maximum absolute atomic E-state index is 12.8. The monoisotopic (exact) mass is 280 g/mol. The van der Waals surface area contributed by atoms with Gasteiger partial charge in [0.25, 0.3) is 0 Å². The molecule has 0 amide bonds. The van der Waals surface area contributed by atoms with Crippen molar-refractivity contribution in [2.24, 2.45) is 0 Å². The maximum Gasteiger partial charge on any atom is 0.214 e. The lowest BCUT2D eigenvalue weighted by molar-refractivity contribution is 0.585. The number of hydrogen-bond donors (Lipinski definition) is 1. The van der Waals surface area contributed by atoms with Crippen LogP contribution in [0.15, 0.2) is 46.9 Å². The van der Waals surface area contributed by atoms with Crippen LogP contribution in [0.25, 0.3) is 0 Å². The van der Waals surface area contributed by atoms with Crippen molar-refractivity contribution in [3.05, 3.63) is 58.4 Å². The van der Waals surface area contributed by atoms with Gasteiger partial charge in [0.2, 0.25) is 5.95 Å². The van der Waals surface area contributed by atoms with Gasteiger partial charge in [-0.05, 0) is 29.8 Å². The summed E-state index contributed by atoms with van der Waals surface area (Å²) in [5, 5.41) is 3.05. The second-order valence-electron chi connectivity index (χ2n) is 3.33. The van der Waals surface area contributed by atoms with Gasteiger partial charge < -0.3 is 5.32 Å². The molecule has 0 aliphatic carbocycles. The minimum atomic E-state index is -0.471. The molecule has 2 rings (SSSR count). The molecule has 4 heteroatoms. The van der Waals surface area contributed by atoms with Crippen molar-refractivity contribution >= 4 is 21.7 Å². The molecule has 1 N–H and O–H groups in total. The van der Waals surface area contributed by atoms with E-state index in [1.54, 1.807) is 12.1 Å². The Labute approximate surface area is 102 Å². The van der Waals surface area contributed by atoms with Gasteiger partial charge in [0.1, 0.15) is 5.82 Å². The van der Waals surface area contributed by atoms with E-state index in [-0.39, 0.29) is 0 Å². The van der Waals surface area contributed by atoms with Crippen LogP contribution in [0.3, 0.4) is 0 Å². The van der Waals surface area contributed by atoms with E-state index < -0.39 is 5.95 Å². The summed E-state index contributed by atoms with van der Waals surface area (Å²) in [6.07, 6.45) is 0. The average molecular weight is 281 g/mol. The Kier molecular flexibility index (Phi) is 3.51. The Morgan fingerprint density at radius 3 is 2.56 bits per heavy atom. The van der Waals surface area contributed by atoms with Crippen LogP contribution >= 0.6 is 15.9 Å². The molecule has 0 radical (unpaired) electrons. The van der Waals surface area contributed by atoms with Gasteiger partial charge in [-0.2, -0.15) is 4.39 Å². The highest BCUT2D eigenvalue weighted by Gasteiger charge is 1.96. The third-order valence-electron chi connectivity index (χ3n) is 2.10. The summed E-state index contributed by atoms with van der Waals surface area (Å²) < 4.78 is 13.8. The summed E-state index contributed by atoms with van der Waals surface area (Å²) in [5.74, 6) is 0.0729. The topological polar surface area (TPSA) is 24.9 Å². The fourth-order valence-corrected chi connectivity index (χ4v) is 1.57. The van der Waals surface area contributed by atoms with E-state index >= 15 is 0 Å². The second-order valence-corrected chi connectivity index (χ2v) is 4.24. The van der Waals surface area contributed by atoms with Crippen molar-refractivity contribution in [2.45, 2.75) is 6.54 Å². The van der Waals surface area contributed by atoms with Crippen LogP contribution in [0.4, 0.5) is 10.2 Å². The van der Waals surface area contributed by atoms with Gasteiger partial charge in [0.15, 0.2) is 0 Å². The summed E-state index contributed by atoms with van der Waals surface area (Å²) >= 11 is 3.37. The summed E-state index contributed by atoms with van der Waals surface area (Å²) in [7, 11) is 0. The lowest BCUT2D eigenvalue weighted by atomic mass is 10.2. The SMILES string of the molecule is Fc1cccc(NCc2ccc(Br)cc2)n1. The zero-order chi connectivity index (χ0) is 11.4. The average Bonchev–Trinajstić information content (AvgIpc) is 2.28. The maximum atomic E-state index is 12.8. The van der Waals surface area contributed by atoms with Crippen LogP contribution in [-0.2, 0) is 6.54 Å². The fraction of sp³-hybridized carbons (Fsp3) is 0.0833. The first kappa shape index (κ1) is 11.1. The zero-order valence-electron chi connectivity index (χ0n) is 8.45. The van der Waals surface area contributed by atoms with Gasteiger partial charge in [-0.1, -0.05) is 34.1 Å². The van der Waals surface area contributed by atoms with E-state index in [1.807, 2.05) is 24.3 Å². The van der Waals surface area contributed by atoms with Crippen molar-refractivity contribution in [3.63, 3.8) is 0 Å². The van der Waals surface area contributed by atoms with Crippen molar-refractivity contribution in [3.8, 4) is 0 Å². The van der Waals surface area contributed by atoms with Gasteiger partial charge >= 0.3 is 0 Å². The first-order chi connectivity index (χ1) is 7.74. The van der Waals surface area contributed by atoms with Crippen molar-refractivity contribution in [1.82, 2.24) is 4.98 Å². The molecule has 0 saturated carbocycles. The largest absolute Gasteiger partial charge is 0.366 e. The predicted octanol–water partition coefficient (Wildman–Crippen LogP) is 3.60. The Balaban J connectivity index is 1.99. The molecule has 1 aromatic heterocycles. The molecule has 0 bridgehead atoms. The third-order valence-corrected chi connectivity index (χ3v) is 2.63. The van der Waals surface area contributed by atoms with Crippen LogP contribution in [-0.4, -0.2) is 4.98 Å². The van der Waals surface area contributed by atoms with Crippen molar-refractivity contribution in [2.75, 3.05) is 5.32 Å². The van der Waals surface area contributed by atoms with E-state index in [2.05, 4.69) is 26.2 Å². The summed E-state index contributed by atoms with van der Waals surface area (Å²) in [5.41, 5.74) is 1.12. The smallest absolute Gasteiger partial charge is 0.214 e. The summed E-state index contributed by atoms with van der Waals surface area (Å²) in [6.45, 7) is 0.629. The van der Waals surface area contributed by atoms with E-state index in [1.165, 1.54) is 6.07 Å². The number of pyridine rings is 1. The first-order valence-corrected chi connectivity index (χ1v) is 5.64. The molecular weight excluding hydrogens is 271 g/mol. The fourth-order valence-electron chi connectivity index (χ4n) is 1.30. The second kappa shape index (κ2) is 5.07. The van der Waals surface area contributed by atoms with Gasteiger partial charge in [-0.3, -0.25) is 0 Å². The molecule has 0 aliphatic rings. The Morgan fingerprint density at radius 1 is 1.12 bits per heavy atom. The molecule has 0 spiro atoms. The molecule has 82 valence electrons. The van der Waals surface area contributed by atoms with Crippen LogP contribution in [0.5, 0.6) is 0 Å². The highest BCUT2D eigenvalue weighted by molar-refractivity contribution is 9.10. The standard InChI is InChI=1S/C12H10BrFN2/c13-10-6-4-9(5-7-10)8-15-12-3-1-2-11(14)16-12/h1-7H,8H2,(H,15,16). The number of aromatic nitrogens is 1. The molecule has 1 aromatic carbocycles. The molecule has 2 nitrogen and oxygen atoms in total. The van der Waals surface area contributed by atoms with Crippen molar-refractivity contribution in [1.29, 1.82) is 0 Å². The number of nitrogens with one attached hydrogen (secondary N) is 1.